The number of rotatable bonds is 4. The molecule has 1 aliphatic heterocycles. The van der Waals surface area contributed by atoms with Gasteiger partial charge in [-0.1, -0.05) is 46.0 Å². The van der Waals surface area contributed by atoms with Gasteiger partial charge in [-0.2, -0.15) is 0 Å². The van der Waals surface area contributed by atoms with Gasteiger partial charge in [0.25, 0.3) is 0 Å². The third-order valence-electron chi connectivity index (χ3n) is 5.38. The molecule has 0 unspecified atom stereocenters. The minimum absolute atomic E-state index is 0.00357. The standard InChI is InChI=1S/C20H32O6/c1-12(2)18(21)26-17-14(4)25-19(22)13(3)11-24-20(23)16(17)10-15-8-6-5-7-9-15/h12-17H,5-11H2,1-4H3/t13-,14-,16+,17-/m0/s1. The molecule has 1 saturated carbocycles. The summed E-state index contributed by atoms with van der Waals surface area (Å²) in [4.78, 5) is 37.1. The van der Waals surface area contributed by atoms with Crippen LogP contribution in [0.4, 0.5) is 0 Å². The van der Waals surface area contributed by atoms with Crippen molar-refractivity contribution >= 4 is 17.9 Å². The zero-order valence-corrected chi connectivity index (χ0v) is 16.4. The molecule has 6 heteroatoms. The topological polar surface area (TPSA) is 78.9 Å². The van der Waals surface area contributed by atoms with Crippen LogP contribution in [0.1, 0.15) is 66.2 Å². The molecular formula is C20H32O6. The number of cyclic esters (lactones) is 2. The van der Waals surface area contributed by atoms with Crippen molar-refractivity contribution in [1.82, 2.24) is 0 Å². The molecule has 1 saturated heterocycles. The summed E-state index contributed by atoms with van der Waals surface area (Å²) in [6.07, 6.45) is 4.78. The van der Waals surface area contributed by atoms with Crippen molar-refractivity contribution in [2.75, 3.05) is 6.61 Å². The van der Waals surface area contributed by atoms with E-state index in [1.165, 1.54) is 6.42 Å². The van der Waals surface area contributed by atoms with Crippen LogP contribution in [-0.4, -0.2) is 36.7 Å². The minimum Gasteiger partial charge on any atom is -0.464 e. The normalized spacial score (nSPS) is 31.4. The van der Waals surface area contributed by atoms with Crippen molar-refractivity contribution in [3.05, 3.63) is 0 Å². The molecule has 0 amide bonds. The van der Waals surface area contributed by atoms with Crippen LogP contribution in [0.5, 0.6) is 0 Å². The molecule has 0 N–H and O–H groups in total. The molecule has 6 nitrogen and oxygen atoms in total. The molecule has 0 bridgehead atoms. The first-order valence-electron chi connectivity index (χ1n) is 9.87. The van der Waals surface area contributed by atoms with E-state index in [-0.39, 0.29) is 12.5 Å². The molecule has 0 aromatic rings. The molecule has 26 heavy (non-hydrogen) atoms. The molecule has 1 heterocycles. The minimum atomic E-state index is -0.812. The van der Waals surface area contributed by atoms with E-state index >= 15 is 0 Å². The van der Waals surface area contributed by atoms with E-state index in [0.29, 0.717) is 12.3 Å². The fourth-order valence-electron chi connectivity index (χ4n) is 3.67. The van der Waals surface area contributed by atoms with E-state index in [2.05, 4.69) is 0 Å². The molecule has 2 aliphatic rings. The monoisotopic (exact) mass is 368 g/mol. The second kappa shape index (κ2) is 9.38. The quantitative estimate of drug-likeness (QED) is 0.560. The highest BCUT2D eigenvalue weighted by atomic mass is 16.6. The third-order valence-corrected chi connectivity index (χ3v) is 5.38. The largest absolute Gasteiger partial charge is 0.464 e. The van der Waals surface area contributed by atoms with Crippen LogP contribution in [0.2, 0.25) is 0 Å². The number of hydrogen-bond acceptors (Lipinski definition) is 6. The smallest absolute Gasteiger partial charge is 0.312 e. The highest BCUT2D eigenvalue weighted by molar-refractivity contribution is 5.77. The van der Waals surface area contributed by atoms with Gasteiger partial charge in [0.1, 0.15) is 12.7 Å². The molecule has 2 rings (SSSR count). The lowest BCUT2D eigenvalue weighted by molar-refractivity contribution is -0.177. The SMILES string of the molecule is CC(C)C(=O)O[C@H]1[C@H](C)OC(=O)[C@@H](C)COC(=O)[C@@H]1CC1CCCCC1. The van der Waals surface area contributed by atoms with Crippen LogP contribution in [0, 0.1) is 23.7 Å². The van der Waals surface area contributed by atoms with Gasteiger partial charge in [-0.25, -0.2) is 0 Å². The Labute approximate surface area is 155 Å². The van der Waals surface area contributed by atoms with Crippen molar-refractivity contribution in [2.24, 2.45) is 23.7 Å². The molecule has 0 aromatic heterocycles. The van der Waals surface area contributed by atoms with Gasteiger partial charge in [0, 0.05) is 0 Å². The molecule has 0 spiro atoms. The lowest BCUT2D eigenvalue weighted by Gasteiger charge is -2.32. The first-order valence-corrected chi connectivity index (χ1v) is 9.87. The zero-order valence-electron chi connectivity index (χ0n) is 16.4. The Kier molecular flexibility index (Phi) is 7.47. The van der Waals surface area contributed by atoms with E-state index in [9.17, 15) is 14.4 Å². The van der Waals surface area contributed by atoms with Crippen molar-refractivity contribution in [3.63, 3.8) is 0 Å². The molecular weight excluding hydrogens is 336 g/mol. The fraction of sp³-hybridized carbons (Fsp3) is 0.850. The average molecular weight is 368 g/mol. The van der Waals surface area contributed by atoms with Crippen LogP contribution >= 0.6 is 0 Å². The van der Waals surface area contributed by atoms with E-state index in [1.54, 1.807) is 27.7 Å². The Morgan fingerprint density at radius 1 is 1.12 bits per heavy atom. The first kappa shape index (κ1) is 20.7. The van der Waals surface area contributed by atoms with Crippen LogP contribution < -0.4 is 0 Å². The van der Waals surface area contributed by atoms with Crippen molar-refractivity contribution < 1.29 is 28.6 Å². The van der Waals surface area contributed by atoms with E-state index < -0.39 is 42.0 Å². The summed E-state index contributed by atoms with van der Waals surface area (Å²) in [6.45, 7) is 6.83. The highest BCUT2D eigenvalue weighted by Gasteiger charge is 2.42. The summed E-state index contributed by atoms with van der Waals surface area (Å²) in [5.74, 6) is -2.28. The number of esters is 3. The second-order valence-corrected chi connectivity index (χ2v) is 8.08. The van der Waals surface area contributed by atoms with Crippen LogP contribution in [0.25, 0.3) is 0 Å². The number of carbonyl (C=O) groups excluding carboxylic acids is 3. The van der Waals surface area contributed by atoms with Gasteiger partial charge in [-0.3, -0.25) is 14.4 Å². The first-order chi connectivity index (χ1) is 12.3. The Hall–Kier alpha value is -1.59. The maximum atomic E-state index is 12.8. The van der Waals surface area contributed by atoms with Crippen LogP contribution in [0.3, 0.4) is 0 Å². The highest BCUT2D eigenvalue weighted by Crippen LogP contribution is 2.33. The average Bonchev–Trinajstić information content (AvgIpc) is 2.64. The van der Waals surface area contributed by atoms with Crippen molar-refractivity contribution in [3.8, 4) is 0 Å². The lowest BCUT2D eigenvalue weighted by atomic mass is 9.80. The second-order valence-electron chi connectivity index (χ2n) is 8.08. The number of hydrogen-bond donors (Lipinski definition) is 0. The Balaban J connectivity index is 2.25. The van der Waals surface area contributed by atoms with Gasteiger partial charge in [-0.15, -0.1) is 0 Å². The Morgan fingerprint density at radius 3 is 2.38 bits per heavy atom. The van der Waals surface area contributed by atoms with Gasteiger partial charge >= 0.3 is 17.9 Å². The summed E-state index contributed by atoms with van der Waals surface area (Å²) in [5, 5.41) is 0. The fourth-order valence-corrected chi connectivity index (χ4v) is 3.67. The zero-order chi connectivity index (χ0) is 19.3. The van der Waals surface area contributed by atoms with E-state index in [1.807, 2.05) is 0 Å². The summed E-state index contributed by atoms with van der Waals surface area (Å²) in [6, 6.07) is 0. The number of ether oxygens (including phenoxy) is 3. The predicted molar refractivity (Wildman–Crippen MR) is 95.1 cm³/mol. The van der Waals surface area contributed by atoms with Crippen LogP contribution in [-0.2, 0) is 28.6 Å². The van der Waals surface area contributed by atoms with Crippen molar-refractivity contribution in [1.29, 1.82) is 0 Å². The summed E-state index contributed by atoms with van der Waals surface area (Å²) in [5.41, 5.74) is 0. The maximum Gasteiger partial charge on any atom is 0.312 e. The van der Waals surface area contributed by atoms with E-state index in [0.717, 1.165) is 25.7 Å². The maximum absolute atomic E-state index is 12.8. The Bertz CT molecular complexity index is 508. The molecule has 148 valence electrons. The molecule has 4 atom stereocenters. The van der Waals surface area contributed by atoms with Gasteiger partial charge in [-0.05, 0) is 26.2 Å². The summed E-state index contributed by atoms with van der Waals surface area (Å²) < 4.78 is 16.5. The summed E-state index contributed by atoms with van der Waals surface area (Å²) >= 11 is 0. The van der Waals surface area contributed by atoms with E-state index in [4.69, 9.17) is 14.2 Å². The summed E-state index contributed by atoms with van der Waals surface area (Å²) in [7, 11) is 0. The van der Waals surface area contributed by atoms with Gasteiger partial charge in [0.05, 0.1) is 17.8 Å². The van der Waals surface area contributed by atoms with Gasteiger partial charge < -0.3 is 14.2 Å². The van der Waals surface area contributed by atoms with Gasteiger partial charge in [0.15, 0.2) is 6.10 Å². The Morgan fingerprint density at radius 2 is 1.77 bits per heavy atom. The lowest BCUT2D eigenvalue weighted by Crippen LogP contribution is -2.43. The molecule has 0 radical (unpaired) electrons. The molecule has 0 aromatic carbocycles. The van der Waals surface area contributed by atoms with Gasteiger partial charge in [0.2, 0.25) is 0 Å². The molecule has 1 aliphatic carbocycles. The molecule has 2 fully saturated rings. The van der Waals surface area contributed by atoms with Crippen LogP contribution in [0.15, 0.2) is 0 Å². The van der Waals surface area contributed by atoms with Crippen molar-refractivity contribution in [2.45, 2.75) is 78.4 Å². The predicted octanol–water partition coefficient (Wildman–Crippen LogP) is 3.27. The number of carbonyl (C=O) groups is 3. The third kappa shape index (κ3) is 5.45.